The molecule has 1 atom stereocenters. The molecule has 0 aliphatic heterocycles. The molecule has 1 unspecified atom stereocenters. The van der Waals surface area contributed by atoms with Crippen molar-refractivity contribution in [3.05, 3.63) is 24.2 Å². The van der Waals surface area contributed by atoms with Crippen molar-refractivity contribution < 1.29 is 19.1 Å². The van der Waals surface area contributed by atoms with Crippen LogP contribution in [-0.2, 0) is 4.79 Å². The molecule has 5 heteroatoms. The van der Waals surface area contributed by atoms with E-state index in [0.717, 1.165) is 0 Å². The number of aliphatic carboxylic acids is 1. The third kappa shape index (κ3) is 4.61. The first-order chi connectivity index (χ1) is 8.29. The summed E-state index contributed by atoms with van der Waals surface area (Å²) in [6.45, 7) is 6.01. The van der Waals surface area contributed by atoms with E-state index in [4.69, 9.17) is 9.52 Å². The minimum atomic E-state index is -0.898. The fourth-order valence-corrected chi connectivity index (χ4v) is 1.70. The van der Waals surface area contributed by atoms with Crippen LogP contribution in [0.15, 0.2) is 22.8 Å². The number of carbonyl (C=O) groups is 2. The first-order valence-corrected chi connectivity index (χ1v) is 5.84. The van der Waals surface area contributed by atoms with Crippen molar-refractivity contribution in [2.45, 2.75) is 27.2 Å². The van der Waals surface area contributed by atoms with E-state index in [0.29, 0.717) is 6.42 Å². The lowest BCUT2D eigenvalue weighted by atomic mass is 9.84. The summed E-state index contributed by atoms with van der Waals surface area (Å²) in [5, 5.41) is 11.7. The highest BCUT2D eigenvalue weighted by Gasteiger charge is 2.25. The number of carboxylic acids is 1. The van der Waals surface area contributed by atoms with Gasteiger partial charge in [0.25, 0.3) is 5.91 Å². The van der Waals surface area contributed by atoms with E-state index < -0.39 is 11.9 Å². The van der Waals surface area contributed by atoms with E-state index in [1.54, 1.807) is 6.07 Å². The maximum atomic E-state index is 11.6. The molecule has 1 aromatic rings. The van der Waals surface area contributed by atoms with E-state index in [2.05, 4.69) is 5.32 Å². The zero-order valence-electron chi connectivity index (χ0n) is 10.9. The lowest BCUT2D eigenvalue weighted by molar-refractivity contribution is -0.142. The topological polar surface area (TPSA) is 79.5 Å². The summed E-state index contributed by atoms with van der Waals surface area (Å²) in [4.78, 5) is 22.7. The first-order valence-electron chi connectivity index (χ1n) is 5.84. The van der Waals surface area contributed by atoms with Gasteiger partial charge in [0, 0.05) is 6.54 Å². The predicted molar refractivity (Wildman–Crippen MR) is 66.2 cm³/mol. The zero-order chi connectivity index (χ0) is 13.8. The molecule has 2 N–H and O–H groups in total. The normalized spacial score (nSPS) is 13.1. The second-order valence-electron chi connectivity index (χ2n) is 5.49. The molecule has 0 radical (unpaired) electrons. The van der Waals surface area contributed by atoms with Gasteiger partial charge in [0.1, 0.15) is 0 Å². The molecule has 1 heterocycles. The molecule has 0 bridgehead atoms. The number of carbonyl (C=O) groups excluding carboxylic acids is 1. The second kappa shape index (κ2) is 5.71. The summed E-state index contributed by atoms with van der Waals surface area (Å²) in [6, 6.07) is 3.15. The Morgan fingerprint density at radius 2 is 2.11 bits per heavy atom. The number of amides is 1. The molecule has 0 saturated carbocycles. The molecule has 0 fully saturated rings. The van der Waals surface area contributed by atoms with Gasteiger partial charge in [0.2, 0.25) is 0 Å². The molecule has 0 aliphatic carbocycles. The third-order valence-electron chi connectivity index (χ3n) is 2.46. The maximum Gasteiger partial charge on any atom is 0.308 e. The van der Waals surface area contributed by atoms with Gasteiger partial charge in [-0.2, -0.15) is 0 Å². The summed E-state index contributed by atoms with van der Waals surface area (Å²) < 4.78 is 4.93. The van der Waals surface area contributed by atoms with E-state index in [1.165, 1.54) is 12.3 Å². The van der Waals surface area contributed by atoms with Crippen LogP contribution in [0.25, 0.3) is 0 Å². The van der Waals surface area contributed by atoms with Crippen molar-refractivity contribution >= 4 is 11.9 Å². The van der Waals surface area contributed by atoms with Gasteiger partial charge in [-0.1, -0.05) is 20.8 Å². The quantitative estimate of drug-likeness (QED) is 0.842. The van der Waals surface area contributed by atoms with Gasteiger partial charge >= 0.3 is 5.97 Å². The Kier molecular flexibility index (Phi) is 4.53. The molecule has 1 rings (SSSR count). The second-order valence-corrected chi connectivity index (χ2v) is 5.49. The van der Waals surface area contributed by atoms with Gasteiger partial charge in [-0.15, -0.1) is 0 Å². The predicted octanol–water partition coefficient (Wildman–Crippen LogP) is 2.15. The van der Waals surface area contributed by atoms with Crippen LogP contribution in [0.4, 0.5) is 0 Å². The van der Waals surface area contributed by atoms with Crippen LogP contribution in [0.2, 0.25) is 0 Å². The summed E-state index contributed by atoms with van der Waals surface area (Å²) in [5.74, 6) is -1.69. The molecular formula is C13H19NO4. The SMILES string of the molecule is CC(C)(C)CC(CNC(=O)c1ccco1)C(=O)O. The minimum absolute atomic E-state index is 0.0987. The monoisotopic (exact) mass is 253 g/mol. The highest BCUT2D eigenvalue weighted by Crippen LogP contribution is 2.24. The standard InChI is InChI=1S/C13H19NO4/c1-13(2,3)7-9(12(16)17)8-14-11(15)10-5-4-6-18-10/h4-6,9H,7-8H2,1-3H3,(H,14,15)(H,16,17). The van der Waals surface area contributed by atoms with Gasteiger partial charge in [-0.3, -0.25) is 9.59 Å². The number of nitrogens with one attached hydrogen (secondary N) is 1. The fraction of sp³-hybridized carbons (Fsp3) is 0.538. The Hall–Kier alpha value is -1.78. The first kappa shape index (κ1) is 14.3. The molecule has 100 valence electrons. The van der Waals surface area contributed by atoms with E-state index in [1.807, 2.05) is 20.8 Å². The fourth-order valence-electron chi connectivity index (χ4n) is 1.70. The van der Waals surface area contributed by atoms with Crippen LogP contribution in [-0.4, -0.2) is 23.5 Å². The number of furan rings is 1. The van der Waals surface area contributed by atoms with Crippen LogP contribution in [0, 0.1) is 11.3 Å². The van der Waals surface area contributed by atoms with E-state index in [9.17, 15) is 9.59 Å². The Labute approximate surface area is 106 Å². The average molecular weight is 253 g/mol. The lowest BCUT2D eigenvalue weighted by Crippen LogP contribution is -2.34. The molecular weight excluding hydrogens is 234 g/mol. The highest BCUT2D eigenvalue weighted by atomic mass is 16.4. The van der Waals surface area contributed by atoms with Crippen molar-refractivity contribution in [2.24, 2.45) is 11.3 Å². The number of hydrogen-bond acceptors (Lipinski definition) is 3. The van der Waals surface area contributed by atoms with E-state index >= 15 is 0 Å². The molecule has 0 saturated heterocycles. The Balaban J connectivity index is 2.53. The van der Waals surface area contributed by atoms with Crippen molar-refractivity contribution in [2.75, 3.05) is 6.54 Å². The van der Waals surface area contributed by atoms with Crippen molar-refractivity contribution in [3.8, 4) is 0 Å². The minimum Gasteiger partial charge on any atom is -0.481 e. The molecule has 0 aliphatic rings. The third-order valence-corrected chi connectivity index (χ3v) is 2.46. The molecule has 1 aromatic heterocycles. The Morgan fingerprint density at radius 1 is 1.44 bits per heavy atom. The highest BCUT2D eigenvalue weighted by molar-refractivity contribution is 5.91. The summed E-state index contributed by atoms with van der Waals surface area (Å²) in [5.41, 5.74) is -0.0987. The summed E-state index contributed by atoms with van der Waals surface area (Å²) in [6.07, 6.45) is 1.90. The van der Waals surface area contributed by atoms with Crippen LogP contribution in [0.1, 0.15) is 37.7 Å². The van der Waals surface area contributed by atoms with Crippen molar-refractivity contribution in [3.63, 3.8) is 0 Å². The largest absolute Gasteiger partial charge is 0.481 e. The summed E-state index contributed by atoms with van der Waals surface area (Å²) >= 11 is 0. The van der Waals surface area contributed by atoms with Crippen molar-refractivity contribution in [1.82, 2.24) is 5.32 Å². The van der Waals surface area contributed by atoms with Crippen LogP contribution in [0.5, 0.6) is 0 Å². The molecule has 0 spiro atoms. The number of rotatable bonds is 5. The van der Waals surface area contributed by atoms with Crippen molar-refractivity contribution in [1.29, 1.82) is 0 Å². The zero-order valence-corrected chi connectivity index (χ0v) is 10.9. The Bertz CT molecular complexity index is 403. The maximum absolute atomic E-state index is 11.6. The van der Waals surface area contributed by atoms with Crippen LogP contribution in [0.3, 0.4) is 0 Å². The van der Waals surface area contributed by atoms with Gasteiger partial charge in [-0.05, 0) is 24.0 Å². The molecule has 18 heavy (non-hydrogen) atoms. The van der Waals surface area contributed by atoms with E-state index in [-0.39, 0.29) is 23.6 Å². The average Bonchev–Trinajstić information content (AvgIpc) is 2.75. The number of carboxylic acid groups (broad SMARTS) is 1. The van der Waals surface area contributed by atoms with Crippen LogP contribution >= 0.6 is 0 Å². The molecule has 5 nitrogen and oxygen atoms in total. The van der Waals surface area contributed by atoms with Gasteiger partial charge in [0.05, 0.1) is 12.2 Å². The van der Waals surface area contributed by atoms with Gasteiger partial charge in [-0.25, -0.2) is 0 Å². The molecule has 0 aromatic carbocycles. The van der Waals surface area contributed by atoms with Gasteiger partial charge < -0.3 is 14.8 Å². The Morgan fingerprint density at radius 3 is 2.56 bits per heavy atom. The van der Waals surface area contributed by atoms with Gasteiger partial charge in [0.15, 0.2) is 5.76 Å². The number of hydrogen-bond donors (Lipinski definition) is 2. The van der Waals surface area contributed by atoms with Crippen LogP contribution < -0.4 is 5.32 Å². The lowest BCUT2D eigenvalue weighted by Gasteiger charge is -2.23. The smallest absolute Gasteiger partial charge is 0.308 e. The molecule has 1 amide bonds. The summed E-state index contributed by atoms with van der Waals surface area (Å²) in [7, 11) is 0.